The van der Waals surface area contributed by atoms with Gasteiger partial charge in [0, 0.05) is 16.9 Å². The number of carbonyl (C=O) groups is 2. The molecule has 28 heavy (non-hydrogen) atoms. The number of anilines is 3. The molecule has 1 aromatic heterocycles. The van der Waals surface area contributed by atoms with E-state index >= 15 is 0 Å². The molecule has 0 unspecified atom stereocenters. The third-order valence-corrected chi connectivity index (χ3v) is 4.36. The molecule has 3 aromatic rings. The van der Waals surface area contributed by atoms with Crippen molar-refractivity contribution < 1.29 is 9.59 Å². The van der Waals surface area contributed by atoms with Gasteiger partial charge in [0.1, 0.15) is 11.5 Å². The maximum absolute atomic E-state index is 12.3. The van der Waals surface area contributed by atoms with Gasteiger partial charge >= 0.3 is 0 Å². The van der Waals surface area contributed by atoms with E-state index < -0.39 is 0 Å². The quantitative estimate of drug-likeness (QED) is 0.638. The van der Waals surface area contributed by atoms with E-state index in [1.54, 1.807) is 24.3 Å². The number of aromatic nitrogens is 2. The Morgan fingerprint density at radius 1 is 0.893 bits per heavy atom. The summed E-state index contributed by atoms with van der Waals surface area (Å²) in [4.78, 5) is 32.2. The lowest BCUT2D eigenvalue weighted by atomic mass is 10.1. The largest absolute Gasteiger partial charge is 0.339 e. The van der Waals surface area contributed by atoms with E-state index in [1.165, 1.54) is 24.9 Å². The number of nitrogens with zero attached hydrogens (tertiary/aromatic N) is 2. The second-order valence-corrected chi connectivity index (χ2v) is 6.77. The molecule has 0 aliphatic heterocycles. The van der Waals surface area contributed by atoms with E-state index in [0.29, 0.717) is 17.1 Å². The topological polar surface area (TPSA) is 84.0 Å². The Bertz CT molecular complexity index is 1000. The molecule has 6 nitrogen and oxygen atoms in total. The van der Waals surface area contributed by atoms with Crippen LogP contribution < -0.4 is 10.6 Å². The molecule has 1 heterocycles. The number of hydrogen-bond acceptors (Lipinski definition) is 5. The Hall–Kier alpha value is -3.54. The van der Waals surface area contributed by atoms with Crippen LogP contribution in [0, 0.1) is 20.8 Å². The SMILES string of the molecule is CC(=O)c1ccc(NC(=O)c2cnc(Nc3c(C)cc(C)cc3C)cn2)cc1. The third-order valence-electron chi connectivity index (χ3n) is 4.36. The zero-order valence-electron chi connectivity index (χ0n) is 16.3. The van der Waals surface area contributed by atoms with Crippen molar-refractivity contribution in [2.24, 2.45) is 0 Å². The molecule has 0 saturated carbocycles. The highest BCUT2D eigenvalue weighted by Crippen LogP contribution is 2.24. The number of Topliss-reactive ketones (excluding diaryl/α,β-unsaturated/α-hetero) is 1. The Balaban J connectivity index is 1.70. The van der Waals surface area contributed by atoms with Crippen LogP contribution in [0.2, 0.25) is 0 Å². The summed E-state index contributed by atoms with van der Waals surface area (Å²) in [5.74, 6) is 0.181. The molecule has 0 bridgehead atoms. The molecule has 0 radical (unpaired) electrons. The van der Waals surface area contributed by atoms with Gasteiger partial charge < -0.3 is 10.6 Å². The van der Waals surface area contributed by atoms with Crippen LogP contribution in [-0.4, -0.2) is 21.7 Å². The minimum Gasteiger partial charge on any atom is -0.339 e. The maximum atomic E-state index is 12.3. The molecule has 0 saturated heterocycles. The first-order valence-corrected chi connectivity index (χ1v) is 8.93. The van der Waals surface area contributed by atoms with Crippen molar-refractivity contribution in [3.63, 3.8) is 0 Å². The van der Waals surface area contributed by atoms with Crippen molar-refractivity contribution in [3.05, 3.63) is 76.7 Å². The summed E-state index contributed by atoms with van der Waals surface area (Å²) in [6.45, 7) is 7.63. The molecule has 0 fully saturated rings. The smallest absolute Gasteiger partial charge is 0.275 e. The predicted molar refractivity (Wildman–Crippen MR) is 110 cm³/mol. The minimum atomic E-state index is -0.364. The van der Waals surface area contributed by atoms with Gasteiger partial charge in [0.15, 0.2) is 5.78 Å². The average Bonchev–Trinajstić information content (AvgIpc) is 2.65. The molecule has 0 aliphatic carbocycles. The standard InChI is InChI=1S/C22H22N4O2/c1-13-9-14(2)21(15(3)10-13)26-20-12-23-19(11-24-20)22(28)25-18-7-5-17(6-8-18)16(4)27/h5-12H,1-4H3,(H,24,26)(H,25,28). The molecule has 3 rings (SSSR count). The van der Waals surface area contributed by atoms with Gasteiger partial charge in [-0.1, -0.05) is 17.7 Å². The Labute approximate surface area is 164 Å². The summed E-state index contributed by atoms with van der Waals surface area (Å²) in [6.07, 6.45) is 2.97. The molecule has 0 spiro atoms. The zero-order chi connectivity index (χ0) is 20.3. The van der Waals surface area contributed by atoms with Crippen LogP contribution in [0.4, 0.5) is 17.2 Å². The van der Waals surface area contributed by atoms with Gasteiger partial charge in [-0.3, -0.25) is 9.59 Å². The van der Waals surface area contributed by atoms with Crippen molar-refractivity contribution in [1.29, 1.82) is 0 Å². The lowest BCUT2D eigenvalue weighted by Crippen LogP contribution is -2.14. The highest BCUT2D eigenvalue weighted by atomic mass is 16.2. The molecular weight excluding hydrogens is 352 g/mol. The van der Waals surface area contributed by atoms with Crippen LogP contribution >= 0.6 is 0 Å². The molecule has 0 aliphatic rings. The number of carbonyl (C=O) groups excluding carboxylic acids is 2. The first kappa shape index (κ1) is 19.2. The summed E-state index contributed by atoms with van der Waals surface area (Å²) < 4.78 is 0. The van der Waals surface area contributed by atoms with E-state index in [4.69, 9.17) is 0 Å². The number of amides is 1. The van der Waals surface area contributed by atoms with Gasteiger partial charge in [-0.15, -0.1) is 0 Å². The summed E-state index contributed by atoms with van der Waals surface area (Å²) >= 11 is 0. The van der Waals surface area contributed by atoms with Gasteiger partial charge in [-0.05, 0) is 63.1 Å². The molecule has 2 aromatic carbocycles. The fourth-order valence-corrected chi connectivity index (χ4v) is 3.00. The molecule has 1 amide bonds. The van der Waals surface area contributed by atoms with Crippen molar-refractivity contribution in [2.45, 2.75) is 27.7 Å². The number of ketones is 1. The summed E-state index contributed by atoms with van der Waals surface area (Å²) in [5.41, 5.74) is 5.82. The fourth-order valence-electron chi connectivity index (χ4n) is 3.00. The third kappa shape index (κ3) is 4.40. The summed E-state index contributed by atoms with van der Waals surface area (Å²) in [6, 6.07) is 10.9. The molecule has 2 N–H and O–H groups in total. The predicted octanol–water partition coefficient (Wildman–Crippen LogP) is 4.60. The van der Waals surface area contributed by atoms with Crippen LogP contribution in [0.25, 0.3) is 0 Å². The monoisotopic (exact) mass is 374 g/mol. The van der Waals surface area contributed by atoms with Gasteiger partial charge in [0.05, 0.1) is 12.4 Å². The van der Waals surface area contributed by atoms with Crippen molar-refractivity contribution in [1.82, 2.24) is 9.97 Å². The number of benzene rings is 2. The van der Waals surface area contributed by atoms with Gasteiger partial charge in [0.2, 0.25) is 0 Å². The van der Waals surface area contributed by atoms with Gasteiger partial charge in [0.25, 0.3) is 5.91 Å². The highest BCUT2D eigenvalue weighted by molar-refractivity contribution is 6.03. The first-order valence-electron chi connectivity index (χ1n) is 8.93. The highest BCUT2D eigenvalue weighted by Gasteiger charge is 2.10. The van der Waals surface area contributed by atoms with E-state index in [-0.39, 0.29) is 17.4 Å². The summed E-state index contributed by atoms with van der Waals surface area (Å²) in [5, 5.41) is 6.01. The van der Waals surface area contributed by atoms with E-state index in [9.17, 15) is 9.59 Å². The normalized spacial score (nSPS) is 10.4. The van der Waals surface area contributed by atoms with E-state index in [1.807, 2.05) is 13.8 Å². The number of hydrogen-bond donors (Lipinski definition) is 2. The Kier molecular flexibility index (Phi) is 5.49. The Morgan fingerprint density at radius 2 is 1.54 bits per heavy atom. The lowest BCUT2D eigenvalue weighted by molar-refractivity contribution is 0.101. The maximum Gasteiger partial charge on any atom is 0.275 e. The number of aryl methyl sites for hydroxylation is 3. The number of rotatable bonds is 5. The summed E-state index contributed by atoms with van der Waals surface area (Å²) in [7, 11) is 0. The van der Waals surface area contributed by atoms with Crippen molar-refractivity contribution >= 4 is 28.9 Å². The molecule has 0 atom stereocenters. The molecular formula is C22H22N4O2. The van der Waals surface area contributed by atoms with E-state index in [2.05, 4.69) is 39.7 Å². The number of nitrogens with one attached hydrogen (secondary N) is 2. The van der Waals surface area contributed by atoms with Crippen LogP contribution in [0.1, 0.15) is 44.5 Å². The molecule has 142 valence electrons. The van der Waals surface area contributed by atoms with Crippen molar-refractivity contribution in [3.8, 4) is 0 Å². The minimum absolute atomic E-state index is 0.0223. The first-order chi connectivity index (χ1) is 13.3. The zero-order valence-corrected chi connectivity index (χ0v) is 16.3. The second-order valence-electron chi connectivity index (χ2n) is 6.77. The van der Waals surface area contributed by atoms with Crippen LogP contribution in [0.3, 0.4) is 0 Å². The fraction of sp³-hybridized carbons (Fsp3) is 0.182. The molecule has 6 heteroatoms. The lowest BCUT2D eigenvalue weighted by Gasteiger charge is -2.13. The second kappa shape index (κ2) is 8.00. The van der Waals surface area contributed by atoms with E-state index in [0.717, 1.165) is 16.8 Å². The van der Waals surface area contributed by atoms with Crippen LogP contribution in [0.5, 0.6) is 0 Å². The van der Waals surface area contributed by atoms with Crippen LogP contribution in [-0.2, 0) is 0 Å². The van der Waals surface area contributed by atoms with Gasteiger partial charge in [-0.25, -0.2) is 9.97 Å². The average molecular weight is 374 g/mol. The van der Waals surface area contributed by atoms with Crippen molar-refractivity contribution in [2.75, 3.05) is 10.6 Å². The Morgan fingerprint density at radius 3 is 2.07 bits per heavy atom. The van der Waals surface area contributed by atoms with Crippen LogP contribution in [0.15, 0.2) is 48.8 Å². The van der Waals surface area contributed by atoms with Gasteiger partial charge in [-0.2, -0.15) is 0 Å².